The maximum absolute atomic E-state index is 13.2. The number of benzene rings is 3. The Kier molecular flexibility index (Phi) is 9.57. The average molecular weight is 598 g/mol. The molecule has 0 bridgehead atoms. The Morgan fingerprint density at radius 3 is 2.16 bits per heavy atom. The quantitative estimate of drug-likeness (QED) is 0.294. The van der Waals surface area contributed by atoms with Crippen molar-refractivity contribution >= 4 is 18.1 Å². The number of amides is 3. The largest absolute Gasteiger partial charge is 0.449 e. The Morgan fingerprint density at radius 1 is 0.909 bits per heavy atom. The summed E-state index contributed by atoms with van der Waals surface area (Å²) in [4.78, 5) is 39.7. The van der Waals surface area contributed by atoms with Crippen LogP contribution >= 0.6 is 0 Å². The van der Waals surface area contributed by atoms with Crippen molar-refractivity contribution < 1.29 is 23.9 Å². The minimum absolute atomic E-state index is 0.0405. The summed E-state index contributed by atoms with van der Waals surface area (Å²) in [6.07, 6.45) is 1.19. The van der Waals surface area contributed by atoms with Crippen LogP contribution < -0.4 is 10.6 Å². The predicted octanol–water partition coefficient (Wildman–Crippen LogP) is 6.91. The van der Waals surface area contributed by atoms with Crippen LogP contribution in [0.4, 0.5) is 9.59 Å². The van der Waals surface area contributed by atoms with Gasteiger partial charge in [0, 0.05) is 32.0 Å². The molecule has 1 aliphatic heterocycles. The summed E-state index contributed by atoms with van der Waals surface area (Å²) in [7, 11) is 0. The molecule has 2 aliphatic rings. The Balaban J connectivity index is 1.25. The molecular formula is C36H43N3O5. The van der Waals surface area contributed by atoms with Gasteiger partial charge in [-0.3, -0.25) is 4.79 Å². The third-order valence-electron chi connectivity index (χ3n) is 8.39. The van der Waals surface area contributed by atoms with Gasteiger partial charge in [0.05, 0.1) is 6.04 Å². The van der Waals surface area contributed by atoms with E-state index in [9.17, 15) is 14.4 Å². The fraction of sp³-hybridized carbons (Fsp3) is 0.417. The number of hydrogen-bond donors (Lipinski definition) is 2. The first-order valence-corrected chi connectivity index (χ1v) is 15.6. The molecule has 3 aromatic rings. The fourth-order valence-electron chi connectivity index (χ4n) is 6.13. The number of nitrogens with zero attached hydrogens (tertiary/aromatic N) is 1. The normalized spacial score (nSPS) is 15.6. The number of piperidine rings is 1. The molecule has 1 atom stereocenters. The van der Waals surface area contributed by atoms with Crippen molar-refractivity contribution in [1.82, 2.24) is 15.5 Å². The van der Waals surface area contributed by atoms with E-state index < -0.39 is 17.7 Å². The molecule has 1 unspecified atom stereocenters. The maximum Gasteiger partial charge on any atom is 0.410 e. The highest BCUT2D eigenvalue weighted by Gasteiger charge is 2.30. The molecular weight excluding hydrogens is 554 g/mol. The van der Waals surface area contributed by atoms with Crippen LogP contribution in [-0.2, 0) is 14.3 Å². The van der Waals surface area contributed by atoms with Gasteiger partial charge < -0.3 is 25.0 Å². The van der Waals surface area contributed by atoms with Crippen LogP contribution in [0.25, 0.3) is 11.1 Å². The number of alkyl carbamates (subject to hydrolysis) is 1. The van der Waals surface area contributed by atoms with Crippen LogP contribution in [0, 0.1) is 0 Å². The number of ether oxygens (including phenoxy) is 2. The summed E-state index contributed by atoms with van der Waals surface area (Å²) in [6.45, 7) is 9.13. The fourth-order valence-corrected chi connectivity index (χ4v) is 6.13. The second-order valence-electron chi connectivity index (χ2n) is 12.6. The highest BCUT2D eigenvalue weighted by molar-refractivity contribution is 5.79. The lowest BCUT2D eigenvalue weighted by Crippen LogP contribution is -2.41. The van der Waals surface area contributed by atoms with Gasteiger partial charge >= 0.3 is 12.2 Å². The lowest BCUT2D eigenvalue weighted by molar-refractivity contribution is -0.120. The van der Waals surface area contributed by atoms with Crippen molar-refractivity contribution in [3.05, 3.63) is 95.1 Å². The molecule has 1 aliphatic carbocycles. The van der Waals surface area contributed by atoms with E-state index in [4.69, 9.17) is 9.47 Å². The standard InChI is InChI=1S/C36H43N3O5/c1-5-33(40)37-22-32(26-12-10-11-25(21-26)24-17-19-39(20-18-24)35(42)44-36(2,3)4)38-34(41)43-23-31-29-15-8-6-13-27(29)28-14-7-9-16-30(28)31/h6-16,21,24,31-32H,5,17-20,22-23H2,1-4H3,(H,37,40)(H,38,41). The van der Waals surface area contributed by atoms with Crippen molar-refractivity contribution in [2.75, 3.05) is 26.2 Å². The summed E-state index contributed by atoms with van der Waals surface area (Å²) in [5.41, 5.74) is 6.16. The second-order valence-corrected chi connectivity index (χ2v) is 12.6. The summed E-state index contributed by atoms with van der Waals surface area (Å²) in [5, 5.41) is 5.94. The number of carbonyl (C=O) groups excluding carboxylic acids is 3. The highest BCUT2D eigenvalue weighted by Crippen LogP contribution is 2.44. The van der Waals surface area contributed by atoms with E-state index in [1.807, 2.05) is 57.2 Å². The Labute approximate surface area is 260 Å². The van der Waals surface area contributed by atoms with Gasteiger partial charge in [0.15, 0.2) is 0 Å². The first-order valence-electron chi connectivity index (χ1n) is 15.6. The topological polar surface area (TPSA) is 97.0 Å². The summed E-state index contributed by atoms with van der Waals surface area (Å²) in [5.74, 6) is 0.144. The first-order chi connectivity index (χ1) is 21.1. The third-order valence-corrected chi connectivity index (χ3v) is 8.39. The molecule has 1 saturated heterocycles. The van der Waals surface area contributed by atoms with Crippen molar-refractivity contribution in [1.29, 1.82) is 0 Å². The lowest BCUT2D eigenvalue weighted by Gasteiger charge is -2.34. The second kappa shape index (κ2) is 13.5. The van der Waals surface area contributed by atoms with Gasteiger partial charge in [0.1, 0.15) is 12.2 Å². The Morgan fingerprint density at radius 2 is 1.55 bits per heavy atom. The first kappa shape index (κ1) is 31.1. The molecule has 0 radical (unpaired) electrons. The van der Waals surface area contributed by atoms with Crippen LogP contribution in [-0.4, -0.2) is 54.8 Å². The van der Waals surface area contributed by atoms with E-state index >= 15 is 0 Å². The maximum atomic E-state index is 13.2. The van der Waals surface area contributed by atoms with Gasteiger partial charge in [0.25, 0.3) is 0 Å². The van der Waals surface area contributed by atoms with Crippen molar-refractivity contribution in [2.24, 2.45) is 0 Å². The molecule has 3 amide bonds. The van der Waals surface area contributed by atoms with Crippen molar-refractivity contribution in [2.45, 2.75) is 70.4 Å². The molecule has 8 heteroatoms. The van der Waals surface area contributed by atoms with Crippen LogP contribution in [0.3, 0.4) is 0 Å². The Hall–Kier alpha value is -4.33. The van der Waals surface area contributed by atoms with Crippen LogP contribution in [0.5, 0.6) is 0 Å². The highest BCUT2D eigenvalue weighted by atomic mass is 16.6. The van der Waals surface area contributed by atoms with Gasteiger partial charge in [-0.1, -0.05) is 79.7 Å². The zero-order chi connectivity index (χ0) is 31.3. The van der Waals surface area contributed by atoms with Crippen LogP contribution in [0.1, 0.15) is 87.1 Å². The average Bonchev–Trinajstić information content (AvgIpc) is 3.34. The number of hydrogen-bond acceptors (Lipinski definition) is 5. The van der Waals surface area contributed by atoms with Gasteiger partial charge in [-0.05, 0) is 72.9 Å². The minimum Gasteiger partial charge on any atom is -0.449 e. The van der Waals surface area contributed by atoms with Crippen LogP contribution in [0.15, 0.2) is 72.8 Å². The lowest BCUT2D eigenvalue weighted by atomic mass is 9.88. The molecule has 8 nitrogen and oxygen atoms in total. The number of likely N-dealkylation sites (tertiary alicyclic amines) is 1. The molecule has 44 heavy (non-hydrogen) atoms. The number of carbonyl (C=O) groups is 3. The molecule has 5 rings (SSSR count). The van der Waals surface area contributed by atoms with E-state index in [2.05, 4.69) is 47.0 Å². The van der Waals surface area contributed by atoms with Gasteiger partial charge in [-0.15, -0.1) is 0 Å². The predicted molar refractivity (Wildman–Crippen MR) is 170 cm³/mol. The Bertz CT molecular complexity index is 1440. The third kappa shape index (κ3) is 7.41. The molecule has 0 saturated carbocycles. The van der Waals surface area contributed by atoms with E-state index in [0.29, 0.717) is 19.5 Å². The molecule has 1 heterocycles. The molecule has 0 aromatic heterocycles. The molecule has 3 aromatic carbocycles. The van der Waals surface area contributed by atoms with Crippen molar-refractivity contribution in [3.8, 4) is 11.1 Å². The van der Waals surface area contributed by atoms with Gasteiger partial charge in [0.2, 0.25) is 5.91 Å². The van der Waals surface area contributed by atoms with E-state index in [0.717, 1.165) is 35.1 Å². The number of nitrogens with one attached hydrogen (secondary N) is 2. The van der Waals surface area contributed by atoms with Crippen LogP contribution in [0.2, 0.25) is 0 Å². The number of fused-ring (bicyclic) bond motifs is 3. The summed E-state index contributed by atoms with van der Waals surface area (Å²) < 4.78 is 11.4. The zero-order valence-electron chi connectivity index (χ0n) is 26.1. The molecule has 1 fully saturated rings. The van der Waals surface area contributed by atoms with Gasteiger partial charge in [-0.25, -0.2) is 9.59 Å². The molecule has 232 valence electrons. The summed E-state index contributed by atoms with van der Waals surface area (Å²) >= 11 is 0. The van der Waals surface area contributed by atoms with Gasteiger partial charge in [-0.2, -0.15) is 0 Å². The van der Waals surface area contributed by atoms with E-state index in [-0.39, 0.29) is 37.0 Å². The molecule has 0 spiro atoms. The summed E-state index contributed by atoms with van der Waals surface area (Å²) in [6, 6.07) is 24.1. The van der Waals surface area contributed by atoms with E-state index in [1.54, 1.807) is 11.8 Å². The zero-order valence-corrected chi connectivity index (χ0v) is 26.1. The van der Waals surface area contributed by atoms with E-state index in [1.165, 1.54) is 11.1 Å². The minimum atomic E-state index is -0.529. The molecule has 2 N–H and O–H groups in total. The van der Waals surface area contributed by atoms with Crippen molar-refractivity contribution in [3.63, 3.8) is 0 Å². The number of rotatable bonds is 8. The smallest absolute Gasteiger partial charge is 0.410 e. The monoisotopic (exact) mass is 597 g/mol. The SMILES string of the molecule is CCC(=O)NCC(NC(=O)OCC1c2ccccc2-c2ccccc21)c1cccc(C2CCN(C(=O)OC(C)(C)C)CC2)c1.